The number of ketones is 1. The summed E-state index contributed by atoms with van der Waals surface area (Å²) in [5, 5.41) is 0.788. The van der Waals surface area contributed by atoms with Crippen LogP contribution in [0, 0.1) is 16.7 Å². The molecule has 2 aromatic carbocycles. The molecule has 0 atom stereocenters. The van der Waals surface area contributed by atoms with E-state index in [2.05, 4.69) is 0 Å². The van der Waals surface area contributed by atoms with Crippen LogP contribution in [0.3, 0.4) is 0 Å². The summed E-state index contributed by atoms with van der Waals surface area (Å²) in [6, 6.07) is 10.7. The molecule has 2 aromatic heterocycles. The number of ether oxygens (including phenoxy) is 1. The van der Waals surface area contributed by atoms with Gasteiger partial charge in [-0.15, -0.1) is 0 Å². The zero-order valence-electron chi connectivity index (χ0n) is 19.1. The number of thioether (sulfide) groups is 1. The van der Waals surface area contributed by atoms with Gasteiger partial charge in [0, 0.05) is 10.7 Å². The molecule has 4 aromatic rings. The van der Waals surface area contributed by atoms with Crippen molar-refractivity contribution in [2.75, 3.05) is 12.4 Å². The molecule has 0 aliphatic carbocycles. The molecule has 0 N–H and O–H groups in total. The van der Waals surface area contributed by atoms with E-state index < -0.39 is 17.3 Å². The molecule has 0 spiro atoms. The number of carbonyl (C=O) groups excluding carboxylic acids is 2. The summed E-state index contributed by atoms with van der Waals surface area (Å²) >= 11 is 13.9. The van der Waals surface area contributed by atoms with Crippen LogP contribution in [-0.4, -0.2) is 38.2 Å². The fourth-order valence-corrected chi connectivity index (χ4v) is 5.70. The molecule has 0 saturated carbocycles. The van der Waals surface area contributed by atoms with E-state index in [1.54, 1.807) is 23.6 Å². The van der Waals surface area contributed by atoms with Crippen molar-refractivity contribution in [2.24, 2.45) is 0 Å². The Labute approximate surface area is 223 Å². The Hall–Kier alpha value is -2.86. The molecular formula is C24H19ClFN3O4S3. The Morgan fingerprint density at radius 1 is 1.17 bits per heavy atom. The predicted molar refractivity (Wildman–Crippen MR) is 142 cm³/mol. The number of Topliss-reactive ketones (excluding diaryl/α,β-unsaturated/α-hetero) is 1. The maximum absolute atomic E-state index is 13.6. The number of nitrogens with zero attached hydrogens (tertiary/aromatic N) is 3. The van der Waals surface area contributed by atoms with E-state index >= 15 is 0 Å². The third kappa shape index (κ3) is 5.44. The first-order chi connectivity index (χ1) is 17.2. The summed E-state index contributed by atoms with van der Waals surface area (Å²) in [7, 11) is 0. The summed E-state index contributed by atoms with van der Waals surface area (Å²) in [4.78, 5) is 42.4. The summed E-state index contributed by atoms with van der Waals surface area (Å²) in [5.41, 5.74) is 1.82. The number of benzene rings is 2. The van der Waals surface area contributed by atoms with E-state index in [9.17, 15) is 18.8 Å². The quantitative estimate of drug-likeness (QED) is 0.0896. The third-order valence-electron chi connectivity index (χ3n) is 5.07. The fourth-order valence-electron chi connectivity index (χ4n) is 3.42. The van der Waals surface area contributed by atoms with Gasteiger partial charge in [-0.25, -0.2) is 9.37 Å². The van der Waals surface area contributed by atoms with Crippen LogP contribution in [0.2, 0.25) is 5.02 Å². The minimum Gasteiger partial charge on any atom is -0.466 e. The highest BCUT2D eigenvalue weighted by atomic mass is 35.5. The lowest BCUT2D eigenvalue weighted by Gasteiger charge is -2.13. The number of fused-ring (bicyclic) bond motifs is 1. The number of rotatable bonds is 8. The molecule has 0 bridgehead atoms. The average molecular weight is 564 g/mol. The zero-order chi connectivity index (χ0) is 26.0. The summed E-state index contributed by atoms with van der Waals surface area (Å²) in [6.45, 7) is 3.69. The van der Waals surface area contributed by atoms with E-state index in [1.165, 1.54) is 28.8 Å². The molecule has 4 rings (SSSR count). The standard InChI is InChI=1S/C24H19ClFN3O4S3/c1-3-33-19(31)11-17(30)12-35-23-27-21-20(22(32)29(23)15-6-4-14(26)5-7-15)36-24(34)28(21)16-8-9-18(25)13(2)10-16/h4-10H,3,11-12H2,1-2H3. The van der Waals surface area contributed by atoms with E-state index in [1.807, 2.05) is 13.0 Å². The van der Waals surface area contributed by atoms with Gasteiger partial charge in [-0.05, 0) is 74.1 Å². The molecule has 186 valence electrons. The lowest BCUT2D eigenvalue weighted by molar-refractivity contribution is -0.145. The van der Waals surface area contributed by atoms with Crippen molar-refractivity contribution >= 4 is 69.0 Å². The minimum absolute atomic E-state index is 0.122. The molecule has 0 aliphatic rings. The number of aromatic nitrogens is 3. The molecule has 12 heteroatoms. The van der Waals surface area contributed by atoms with Crippen molar-refractivity contribution < 1.29 is 18.7 Å². The maximum Gasteiger partial charge on any atom is 0.313 e. The van der Waals surface area contributed by atoms with Crippen molar-refractivity contribution in [3.63, 3.8) is 0 Å². The molecular weight excluding hydrogens is 545 g/mol. The number of carbonyl (C=O) groups is 2. The molecule has 0 radical (unpaired) electrons. The topological polar surface area (TPSA) is 83.2 Å². The first-order valence-corrected chi connectivity index (χ1v) is 13.3. The lowest BCUT2D eigenvalue weighted by Crippen LogP contribution is -2.22. The normalized spacial score (nSPS) is 11.1. The average Bonchev–Trinajstić information content (AvgIpc) is 3.16. The predicted octanol–water partition coefficient (Wildman–Crippen LogP) is 5.68. The highest BCUT2D eigenvalue weighted by molar-refractivity contribution is 7.99. The van der Waals surface area contributed by atoms with Crippen molar-refractivity contribution in [3.05, 3.63) is 73.2 Å². The van der Waals surface area contributed by atoms with E-state index in [0.717, 1.165) is 28.7 Å². The molecule has 7 nitrogen and oxygen atoms in total. The summed E-state index contributed by atoms with van der Waals surface area (Å²) < 4.78 is 22.1. The van der Waals surface area contributed by atoms with Gasteiger partial charge < -0.3 is 4.74 Å². The maximum atomic E-state index is 13.6. The van der Waals surface area contributed by atoms with Crippen molar-refractivity contribution in [2.45, 2.75) is 25.4 Å². The first kappa shape index (κ1) is 26.2. The van der Waals surface area contributed by atoms with Gasteiger partial charge in [0.05, 0.1) is 18.0 Å². The van der Waals surface area contributed by atoms with Gasteiger partial charge in [0.25, 0.3) is 5.56 Å². The van der Waals surface area contributed by atoms with Gasteiger partial charge in [-0.1, -0.05) is 34.7 Å². The zero-order valence-corrected chi connectivity index (χ0v) is 22.3. The smallest absolute Gasteiger partial charge is 0.313 e. The van der Waals surface area contributed by atoms with Crippen LogP contribution in [0.4, 0.5) is 4.39 Å². The first-order valence-electron chi connectivity index (χ1n) is 10.7. The monoisotopic (exact) mass is 563 g/mol. The van der Waals surface area contributed by atoms with Crippen molar-refractivity contribution in [3.8, 4) is 11.4 Å². The summed E-state index contributed by atoms with van der Waals surface area (Å²) in [6.07, 6.45) is -0.386. The highest BCUT2D eigenvalue weighted by Crippen LogP contribution is 2.29. The Morgan fingerprint density at radius 3 is 2.53 bits per heavy atom. The van der Waals surface area contributed by atoms with Gasteiger partial charge in [-0.2, -0.15) is 0 Å². The van der Waals surface area contributed by atoms with Crippen LogP contribution in [-0.2, 0) is 14.3 Å². The molecule has 0 unspecified atom stereocenters. The third-order valence-corrected chi connectivity index (χ3v) is 7.84. The number of hydrogen-bond acceptors (Lipinski definition) is 8. The molecule has 2 heterocycles. The van der Waals surface area contributed by atoms with Gasteiger partial charge in [0.1, 0.15) is 16.9 Å². The number of esters is 1. The molecule has 36 heavy (non-hydrogen) atoms. The van der Waals surface area contributed by atoms with Crippen LogP contribution in [0.1, 0.15) is 18.9 Å². The Morgan fingerprint density at radius 2 is 1.86 bits per heavy atom. The second-order valence-electron chi connectivity index (χ2n) is 7.61. The van der Waals surface area contributed by atoms with E-state index in [4.69, 9.17) is 33.5 Å². The van der Waals surface area contributed by atoms with Crippen LogP contribution in [0.25, 0.3) is 21.7 Å². The fraction of sp³-hybridized carbons (Fsp3) is 0.208. The summed E-state index contributed by atoms with van der Waals surface area (Å²) in [5.74, 6) is -1.58. The van der Waals surface area contributed by atoms with Crippen molar-refractivity contribution in [1.29, 1.82) is 0 Å². The minimum atomic E-state index is -0.619. The van der Waals surface area contributed by atoms with Gasteiger partial charge in [0.2, 0.25) is 0 Å². The van der Waals surface area contributed by atoms with Crippen LogP contribution in [0.15, 0.2) is 52.4 Å². The number of aryl methyl sites for hydroxylation is 1. The van der Waals surface area contributed by atoms with E-state index in [-0.39, 0.29) is 29.7 Å². The lowest BCUT2D eigenvalue weighted by atomic mass is 10.2. The molecule has 0 saturated heterocycles. The van der Waals surface area contributed by atoms with Gasteiger partial charge in [-0.3, -0.25) is 23.5 Å². The molecule has 0 fully saturated rings. The van der Waals surface area contributed by atoms with Crippen molar-refractivity contribution in [1.82, 2.24) is 14.1 Å². The number of thiazole rings is 1. The Balaban J connectivity index is 1.86. The largest absolute Gasteiger partial charge is 0.466 e. The van der Waals surface area contributed by atoms with Gasteiger partial charge in [0.15, 0.2) is 20.5 Å². The second-order valence-corrected chi connectivity index (χ2v) is 10.6. The Kier molecular flexibility index (Phi) is 8.04. The van der Waals surface area contributed by atoms with Crippen LogP contribution in [0.5, 0.6) is 0 Å². The number of hydrogen-bond donors (Lipinski definition) is 0. The Bertz CT molecular complexity index is 1600. The van der Waals surface area contributed by atoms with E-state index in [0.29, 0.717) is 30.7 Å². The van der Waals surface area contributed by atoms with Gasteiger partial charge >= 0.3 is 5.97 Å². The van der Waals surface area contributed by atoms with Crippen LogP contribution < -0.4 is 5.56 Å². The van der Waals surface area contributed by atoms with Crippen LogP contribution >= 0.6 is 46.9 Å². The second kappa shape index (κ2) is 11.0. The SMILES string of the molecule is CCOC(=O)CC(=O)CSc1nc2c(sc(=S)n2-c2ccc(Cl)c(C)c2)c(=O)n1-c1ccc(F)cc1. The number of halogens is 2. The molecule has 0 aliphatic heterocycles. The highest BCUT2D eigenvalue weighted by Gasteiger charge is 2.21. The molecule has 0 amide bonds.